The number of nitrogens with zero attached hydrogens (tertiary/aromatic N) is 1. The highest BCUT2D eigenvalue weighted by Crippen LogP contribution is 2.23. The molecule has 1 aromatic rings. The van der Waals surface area contributed by atoms with E-state index >= 15 is 0 Å². The van der Waals surface area contributed by atoms with Crippen molar-refractivity contribution in [2.24, 2.45) is 0 Å². The van der Waals surface area contributed by atoms with E-state index in [0.29, 0.717) is 18.8 Å². The van der Waals surface area contributed by atoms with Gasteiger partial charge in [0.25, 0.3) is 5.91 Å². The van der Waals surface area contributed by atoms with Crippen molar-refractivity contribution < 1.29 is 18.7 Å². The van der Waals surface area contributed by atoms with Crippen LogP contribution in [0.1, 0.15) is 0 Å². The van der Waals surface area contributed by atoms with Crippen molar-refractivity contribution in [3.63, 3.8) is 0 Å². The molecule has 0 bridgehead atoms. The van der Waals surface area contributed by atoms with Gasteiger partial charge in [-0.05, 0) is 12.1 Å². The van der Waals surface area contributed by atoms with Crippen LogP contribution in [0.5, 0.6) is 5.75 Å². The van der Waals surface area contributed by atoms with Crippen molar-refractivity contribution in [2.45, 2.75) is 6.10 Å². The Morgan fingerprint density at radius 3 is 2.85 bits per heavy atom. The topological polar surface area (TPSA) is 50.8 Å². The van der Waals surface area contributed by atoms with E-state index in [1.54, 1.807) is 13.1 Å². The van der Waals surface area contributed by atoms with E-state index in [4.69, 9.17) is 9.47 Å². The predicted octanol–water partition coefficient (Wildman–Crippen LogP) is 1.21. The summed E-state index contributed by atoms with van der Waals surface area (Å²) in [6.45, 7) is 1.72. The van der Waals surface area contributed by atoms with E-state index < -0.39 is 11.9 Å². The monoisotopic (exact) mass is 304 g/mol. The Bertz CT molecular complexity index is 467. The molecule has 0 unspecified atom stereocenters. The number of carbonyl (C=O) groups is 1. The van der Waals surface area contributed by atoms with Crippen LogP contribution in [0.15, 0.2) is 18.2 Å². The smallest absolute Gasteiger partial charge is 0.257 e. The molecule has 0 radical (unpaired) electrons. The SMILES string of the molecule is COc1ccc(N(C)C(=O)[C@H]2CNCCO2)cc1F.Cl. The summed E-state index contributed by atoms with van der Waals surface area (Å²) in [4.78, 5) is 13.6. The molecule has 1 amide bonds. The van der Waals surface area contributed by atoms with Crippen LogP contribution in [0, 0.1) is 5.82 Å². The maximum atomic E-state index is 13.6. The summed E-state index contributed by atoms with van der Waals surface area (Å²) < 4.78 is 23.8. The summed E-state index contributed by atoms with van der Waals surface area (Å²) >= 11 is 0. The first-order valence-electron chi connectivity index (χ1n) is 6.07. The first-order chi connectivity index (χ1) is 9.13. The third-order valence-corrected chi connectivity index (χ3v) is 3.06. The highest BCUT2D eigenvalue weighted by Gasteiger charge is 2.26. The lowest BCUT2D eigenvalue weighted by Gasteiger charge is -2.27. The van der Waals surface area contributed by atoms with Gasteiger partial charge < -0.3 is 19.7 Å². The molecule has 1 aliphatic rings. The fraction of sp³-hybridized carbons (Fsp3) is 0.462. The van der Waals surface area contributed by atoms with Crippen LogP contribution < -0.4 is 15.0 Å². The van der Waals surface area contributed by atoms with Crippen LogP contribution in [-0.4, -0.2) is 45.9 Å². The standard InChI is InChI=1S/C13H17FN2O3.ClH/c1-16(13(17)12-8-15-5-6-19-12)9-3-4-11(18-2)10(14)7-9;/h3-4,7,12,15H,5-6,8H2,1-2H3;1H/t12-;/m1./s1. The molecule has 1 aliphatic heterocycles. The molecule has 0 aliphatic carbocycles. The molecule has 7 heteroatoms. The predicted molar refractivity (Wildman–Crippen MR) is 76.2 cm³/mol. The lowest BCUT2D eigenvalue weighted by molar-refractivity contribution is -0.131. The maximum Gasteiger partial charge on any atom is 0.257 e. The number of ether oxygens (including phenoxy) is 2. The van der Waals surface area contributed by atoms with Crippen molar-refractivity contribution >= 4 is 24.0 Å². The number of likely N-dealkylation sites (N-methyl/N-ethyl adjacent to an activating group) is 1. The van der Waals surface area contributed by atoms with Crippen molar-refractivity contribution in [1.82, 2.24) is 5.32 Å². The minimum absolute atomic E-state index is 0. The van der Waals surface area contributed by atoms with Gasteiger partial charge in [0, 0.05) is 31.9 Å². The van der Waals surface area contributed by atoms with Crippen molar-refractivity contribution in [1.29, 1.82) is 0 Å². The Kier molecular flexibility index (Phi) is 6.19. The quantitative estimate of drug-likeness (QED) is 0.912. The minimum atomic E-state index is -0.524. The van der Waals surface area contributed by atoms with Crippen molar-refractivity contribution in [3.05, 3.63) is 24.0 Å². The van der Waals surface area contributed by atoms with E-state index in [1.165, 1.54) is 24.1 Å². The molecular formula is C13H18ClFN2O3. The molecule has 1 fully saturated rings. The Labute approximate surface area is 123 Å². The van der Waals surface area contributed by atoms with E-state index in [9.17, 15) is 9.18 Å². The van der Waals surface area contributed by atoms with Gasteiger partial charge in [-0.2, -0.15) is 0 Å². The van der Waals surface area contributed by atoms with E-state index in [1.807, 2.05) is 0 Å². The zero-order chi connectivity index (χ0) is 13.8. The Morgan fingerprint density at radius 1 is 1.55 bits per heavy atom. The average Bonchev–Trinajstić information content (AvgIpc) is 2.46. The van der Waals surface area contributed by atoms with Crippen LogP contribution in [0.2, 0.25) is 0 Å². The molecule has 1 atom stereocenters. The molecule has 0 saturated carbocycles. The van der Waals surface area contributed by atoms with Gasteiger partial charge in [0.15, 0.2) is 11.6 Å². The first-order valence-corrected chi connectivity index (χ1v) is 6.07. The van der Waals surface area contributed by atoms with Gasteiger partial charge in [-0.25, -0.2) is 4.39 Å². The summed E-state index contributed by atoms with van der Waals surface area (Å²) in [5.41, 5.74) is 0.470. The molecule has 2 rings (SSSR count). The van der Waals surface area contributed by atoms with E-state index in [-0.39, 0.29) is 24.1 Å². The molecule has 1 aromatic carbocycles. The summed E-state index contributed by atoms with van der Waals surface area (Å²) in [6, 6.07) is 4.40. The number of benzene rings is 1. The number of hydrogen-bond acceptors (Lipinski definition) is 4. The van der Waals surface area contributed by atoms with Crippen molar-refractivity contribution in [2.75, 3.05) is 38.8 Å². The molecule has 0 aromatic heterocycles. The second kappa shape index (κ2) is 7.42. The number of carbonyl (C=O) groups excluding carboxylic acids is 1. The first kappa shape index (κ1) is 16.7. The van der Waals surface area contributed by atoms with Crippen LogP contribution in [0.25, 0.3) is 0 Å². The summed E-state index contributed by atoms with van der Waals surface area (Å²) in [6.07, 6.45) is -0.524. The number of rotatable bonds is 3. The lowest BCUT2D eigenvalue weighted by Crippen LogP contribution is -2.48. The number of nitrogens with one attached hydrogen (secondary N) is 1. The fourth-order valence-corrected chi connectivity index (χ4v) is 1.93. The third-order valence-electron chi connectivity index (χ3n) is 3.06. The van der Waals surface area contributed by atoms with Gasteiger partial charge in [0.2, 0.25) is 0 Å². The Morgan fingerprint density at radius 2 is 2.30 bits per heavy atom. The number of halogens is 2. The van der Waals surface area contributed by atoms with Gasteiger partial charge in [0.05, 0.1) is 13.7 Å². The number of hydrogen-bond donors (Lipinski definition) is 1. The Balaban J connectivity index is 0.00000200. The van der Waals surface area contributed by atoms with Crippen molar-refractivity contribution in [3.8, 4) is 5.75 Å². The summed E-state index contributed by atoms with van der Waals surface area (Å²) in [7, 11) is 3.00. The largest absolute Gasteiger partial charge is 0.494 e. The number of morpholine rings is 1. The molecule has 112 valence electrons. The van der Waals surface area contributed by atoms with Crippen LogP contribution >= 0.6 is 12.4 Å². The molecule has 5 nitrogen and oxygen atoms in total. The third kappa shape index (κ3) is 3.59. The highest BCUT2D eigenvalue weighted by atomic mass is 35.5. The number of anilines is 1. The van der Waals surface area contributed by atoms with Gasteiger partial charge in [-0.3, -0.25) is 4.79 Å². The Hall–Kier alpha value is -1.37. The number of amides is 1. The number of methoxy groups -OCH3 is 1. The van der Waals surface area contributed by atoms with E-state index in [2.05, 4.69) is 5.32 Å². The second-order valence-electron chi connectivity index (χ2n) is 4.28. The molecule has 1 heterocycles. The van der Waals surface area contributed by atoms with Crippen LogP contribution in [0.4, 0.5) is 10.1 Å². The molecular weight excluding hydrogens is 287 g/mol. The minimum Gasteiger partial charge on any atom is -0.494 e. The van der Waals surface area contributed by atoms with Crippen LogP contribution in [0.3, 0.4) is 0 Å². The lowest BCUT2D eigenvalue weighted by atomic mass is 10.2. The van der Waals surface area contributed by atoms with Gasteiger partial charge in [-0.15, -0.1) is 12.4 Å². The van der Waals surface area contributed by atoms with Crippen LogP contribution in [-0.2, 0) is 9.53 Å². The zero-order valence-corrected chi connectivity index (χ0v) is 12.2. The fourth-order valence-electron chi connectivity index (χ4n) is 1.93. The molecule has 0 spiro atoms. The molecule has 1 N–H and O–H groups in total. The highest BCUT2D eigenvalue weighted by molar-refractivity contribution is 5.96. The zero-order valence-electron chi connectivity index (χ0n) is 11.4. The average molecular weight is 305 g/mol. The molecule has 1 saturated heterocycles. The molecule has 20 heavy (non-hydrogen) atoms. The van der Waals surface area contributed by atoms with E-state index in [0.717, 1.165) is 6.54 Å². The van der Waals surface area contributed by atoms with Gasteiger partial charge >= 0.3 is 0 Å². The maximum absolute atomic E-state index is 13.6. The van der Waals surface area contributed by atoms with Gasteiger partial charge in [-0.1, -0.05) is 0 Å². The van der Waals surface area contributed by atoms with Gasteiger partial charge in [0.1, 0.15) is 6.10 Å². The summed E-state index contributed by atoms with van der Waals surface area (Å²) in [5, 5.41) is 3.09. The second-order valence-corrected chi connectivity index (χ2v) is 4.28. The summed E-state index contributed by atoms with van der Waals surface area (Å²) in [5.74, 6) is -0.542. The normalized spacial score (nSPS) is 18.1.